The molecular weight excluding hydrogens is 265 g/mol. The Morgan fingerprint density at radius 1 is 1.32 bits per heavy atom. The Labute approximate surface area is 107 Å². The predicted molar refractivity (Wildman–Crippen MR) is 59.2 cm³/mol. The van der Waals surface area contributed by atoms with Gasteiger partial charge in [0, 0.05) is 0 Å². The van der Waals surface area contributed by atoms with Crippen molar-refractivity contribution in [2.75, 3.05) is 13.7 Å². The number of methoxy groups -OCH3 is 1. The minimum atomic E-state index is -4.55. The summed E-state index contributed by atoms with van der Waals surface area (Å²) in [5, 5.41) is 9.66. The molecule has 106 valence electrons. The Balaban J connectivity index is 2.88. The van der Waals surface area contributed by atoms with E-state index in [9.17, 15) is 23.1 Å². The number of hydrogen-bond acceptors (Lipinski definition) is 4. The molecule has 2 atom stereocenters. The van der Waals surface area contributed by atoms with Crippen LogP contribution in [0.1, 0.15) is 11.7 Å². The van der Waals surface area contributed by atoms with E-state index in [1.807, 2.05) is 0 Å². The van der Waals surface area contributed by atoms with Crippen molar-refractivity contribution in [1.82, 2.24) is 0 Å². The van der Waals surface area contributed by atoms with Crippen LogP contribution in [0.4, 0.5) is 13.2 Å². The Morgan fingerprint density at radius 2 is 1.89 bits per heavy atom. The summed E-state index contributed by atoms with van der Waals surface area (Å²) in [7, 11) is 1.03. The number of halogens is 3. The summed E-state index contributed by atoms with van der Waals surface area (Å²) in [4.78, 5) is 11.2. The van der Waals surface area contributed by atoms with E-state index in [4.69, 9.17) is 0 Å². The number of alkyl halides is 3. The number of aliphatic hydroxyl groups excluding tert-OH is 1. The lowest BCUT2D eigenvalue weighted by Crippen LogP contribution is -2.33. The Hall–Kier alpha value is -1.60. The van der Waals surface area contributed by atoms with Crippen LogP contribution >= 0.6 is 0 Å². The minimum Gasteiger partial charge on any atom is -0.467 e. The summed E-state index contributed by atoms with van der Waals surface area (Å²) >= 11 is 0. The number of rotatable bonds is 5. The highest BCUT2D eigenvalue weighted by Crippen LogP contribution is 2.25. The van der Waals surface area contributed by atoms with Crippen molar-refractivity contribution in [2.24, 2.45) is 0 Å². The molecule has 7 heteroatoms. The maximum absolute atomic E-state index is 12.2. The van der Waals surface area contributed by atoms with Gasteiger partial charge in [-0.3, -0.25) is 0 Å². The van der Waals surface area contributed by atoms with Crippen LogP contribution in [-0.2, 0) is 14.3 Å². The second-order valence-electron chi connectivity index (χ2n) is 3.73. The topological polar surface area (TPSA) is 55.8 Å². The van der Waals surface area contributed by atoms with Gasteiger partial charge < -0.3 is 14.6 Å². The number of hydrogen-bond donors (Lipinski definition) is 1. The second kappa shape index (κ2) is 6.53. The van der Waals surface area contributed by atoms with Crippen LogP contribution in [0.25, 0.3) is 0 Å². The first-order valence-corrected chi connectivity index (χ1v) is 5.34. The molecule has 0 bridgehead atoms. The van der Waals surface area contributed by atoms with Crippen LogP contribution in [-0.4, -0.2) is 37.1 Å². The van der Waals surface area contributed by atoms with Crippen molar-refractivity contribution in [3.63, 3.8) is 0 Å². The molecule has 4 nitrogen and oxygen atoms in total. The highest BCUT2D eigenvalue weighted by atomic mass is 19.4. The lowest BCUT2D eigenvalue weighted by molar-refractivity contribution is -0.201. The maximum atomic E-state index is 12.2. The average molecular weight is 278 g/mol. The van der Waals surface area contributed by atoms with Crippen LogP contribution in [0.5, 0.6) is 0 Å². The first-order chi connectivity index (χ1) is 8.85. The molecule has 0 aliphatic heterocycles. The van der Waals surface area contributed by atoms with Gasteiger partial charge in [-0.15, -0.1) is 0 Å². The zero-order valence-corrected chi connectivity index (χ0v) is 10.1. The average Bonchev–Trinajstić information content (AvgIpc) is 2.37. The normalized spacial score (nSPS) is 14.8. The summed E-state index contributed by atoms with van der Waals surface area (Å²) in [5.41, 5.74) is 0.254. The van der Waals surface area contributed by atoms with Crippen molar-refractivity contribution >= 4 is 5.97 Å². The molecule has 1 rings (SSSR count). The van der Waals surface area contributed by atoms with E-state index in [1.165, 1.54) is 12.1 Å². The van der Waals surface area contributed by atoms with E-state index in [1.54, 1.807) is 18.2 Å². The minimum absolute atomic E-state index is 0.254. The van der Waals surface area contributed by atoms with E-state index in [0.717, 1.165) is 7.11 Å². The van der Waals surface area contributed by atoms with Crippen LogP contribution in [0, 0.1) is 0 Å². The van der Waals surface area contributed by atoms with E-state index >= 15 is 0 Å². The fourth-order valence-electron chi connectivity index (χ4n) is 1.44. The van der Waals surface area contributed by atoms with Gasteiger partial charge in [0.1, 0.15) is 12.7 Å². The summed E-state index contributed by atoms with van der Waals surface area (Å²) < 4.78 is 45.4. The van der Waals surface area contributed by atoms with Crippen LogP contribution in [0.2, 0.25) is 0 Å². The standard InChI is InChI=1S/C12H13F3O4/c1-18-11(17)9(16)10(19-7-12(13,14)15)8-5-3-2-4-6-8/h2-6,9-10,16H,7H2,1H3/t9-,10+/m1/s1. The van der Waals surface area contributed by atoms with Gasteiger partial charge in [0.05, 0.1) is 7.11 Å². The Kier molecular flexibility index (Phi) is 5.31. The molecule has 1 aromatic carbocycles. The smallest absolute Gasteiger partial charge is 0.411 e. The van der Waals surface area contributed by atoms with Crippen molar-refractivity contribution < 1.29 is 32.5 Å². The lowest BCUT2D eigenvalue weighted by Gasteiger charge is -2.22. The highest BCUT2D eigenvalue weighted by molar-refractivity contribution is 5.75. The molecule has 0 amide bonds. The summed E-state index contributed by atoms with van der Waals surface area (Å²) in [6.45, 7) is -1.57. The quantitative estimate of drug-likeness (QED) is 0.835. The SMILES string of the molecule is COC(=O)[C@H](O)[C@@H](OCC(F)(F)F)c1ccccc1. The third-order valence-corrected chi connectivity index (χ3v) is 2.28. The molecule has 0 radical (unpaired) electrons. The predicted octanol–water partition coefficient (Wildman–Crippen LogP) is 1.84. The molecule has 0 aromatic heterocycles. The molecule has 0 aliphatic carbocycles. The van der Waals surface area contributed by atoms with E-state index in [0.29, 0.717) is 0 Å². The fourth-order valence-corrected chi connectivity index (χ4v) is 1.44. The molecule has 1 aromatic rings. The molecular formula is C12H13F3O4. The van der Waals surface area contributed by atoms with Gasteiger partial charge in [0.25, 0.3) is 0 Å². The first kappa shape index (κ1) is 15.5. The van der Waals surface area contributed by atoms with Gasteiger partial charge in [-0.05, 0) is 5.56 Å². The zero-order valence-electron chi connectivity index (χ0n) is 10.1. The fraction of sp³-hybridized carbons (Fsp3) is 0.417. The molecule has 0 spiro atoms. The molecule has 0 aliphatic rings. The van der Waals surface area contributed by atoms with E-state index < -0.39 is 31.0 Å². The number of aliphatic hydroxyl groups is 1. The number of carbonyl (C=O) groups excluding carboxylic acids is 1. The third kappa shape index (κ3) is 4.88. The van der Waals surface area contributed by atoms with Gasteiger partial charge in [-0.1, -0.05) is 30.3 Å². The number of benzene rings is 1. The third-order valence-electron chi connectivity index (χ3n) is 2.28. The van der Waals surface area contributed by atoms with Gasteiger partial charge in [0.15, 0.2) is 6.10 Å². The monoisotopic (exact) mass is 278 g/mol. The second-order valence-corrected chi connectivity index (χ2v) is 3.73. The van der Waals surface area contributed by atoms with Gasteiger partial charge >= 0.3 is 12.1 Å². The van der Waals surface area contributed by atoms with Crippen molar-refractivity contribution in [3.8, 4) is 0 Å². The summed E-state index contributed by atoms with van der Waals surface area (Å²) in [5.74, 6) is -1.06. The maximum Gasteiger partial charge on any atom is 0.411 e. The van der Waals surface area contributed by atoms with E-state index in [-0.39, 0.29) is 5.56 Å². The molecule has 19 heavy (non-hydrogen) atoms. The Bertz CT molecular complexity index is 405. The van der Waals surface area contributed by atoms with Gasteiger partial charge in [-0.25, -0.2) is 4.79 Å². The molecule has 0 saturated heterocycles. The van der Waals surface area contributed by atoms with Crippen molar-refractivity contribution in [1.29, 1.82) is 0 Å². The molecule has 0 heterocycles. The van der Waals surface area contributed by atoms with Gasteiger partial charge in [-0.2, -0.15) is 13.2 Å². The molecule has 0 unspecified atom stereocenters. The molecule has 1 N–H and O–H groups in total. The lowest BCUT2D eigenvalue weighted by atomic mass is 10.0. The first-order valence-electron chi connectivity index (χ1n) is 5.34. The number of esters is 1. The van der Waals surface area contributed by atoms with Crippen LogP contribution < -0.4 is 0 Å². The molecule has 0 fully saturated rings. The van der Waals surface area contributed by atoms with Crippen molar-refractivity contribution in [3.05, 3.63) is 35.9 Å². The summed E-state index contributed by atoms with van der Waals surface area (Å²) in [6, 6.07) is 7.67. The van der Waals surface area contributed by atoms with E-state index in [2.05, 4.69) is 9.47 Å². The van der Waals surface area contributed by atoms with Crippen LogP contribution in [0.3, 0.4) is 0 Å². The molecule has 0 saturated carbocycles. The van der Waals surface area contributed by atoms with Crippen molar-refractivity contribution in [2.45, 2.75) is 18.4 Å². The van der Waals surface area contributed by atoms with Crippen LogP contribution in [0.15, 0.2) is 30.3 Å². The summed E-state index contributed by atoms with van der Waals surface area (Å²) in [6.07, 6.45) is -7.81. The number of carbonyl (C=O) groups is 1. The Morgan fingerprint density at radius 3 is 2.37 bits per heavy atom. The highest BCUT2D eigenvalue weighted by Gasteiger charge is 2.34. The zero-order chi connectivity index (χ0) is 14.5. The van der Waals surface area contributed by atoms with Gasteiger partial charge in [0.2, 0.25) is 0 Å². The number of ether oxygens (including phenoxy) is 2. The largest absolute Gasteiger partial charge is 0.467 e.